The van der Waals surface area contributed by atoms with Crippen LogP contribution in [0.2, 0.25) is 0 Å². The highest BCUT2D eigenvalue weighted by atomic mass is 16.4. The first-order valence-electron chi connectivity index (χ1n) is 10.2. The Morgan fingerprint density at radius 2 is 1.32 bits per heavy atom. The number of hydrogen-bond acceptors (Lipinski definition) is 4. The van der Waals surface area contributed by atoms with Crippen molar-refractivity contribution in [3.8, 4) is 11.1 Å². The maximum absolute atomic E-state index is 12.8. The zero-order chi connectivity index (χ0) is 22.2. The second kappa shape index (κ2) is 10.5. The molecule has 2 bridgehead atoms. The Kier molecular flexibility index (Phi) is 7.56. The predicted octanol–water partition coefficient (Wildman–Crippen LogP) is 2.75. The molecule has 3 N–H and O–H groups in total. The van der Waals surface area contributed by atoms with Crippen molar-refractivity contribution in [2.24, 2.45) is 11.8 Å². The fourth-order valence-corrected chi connectivity index (χ4v) is 4.03. The molecule has 7 heteroatoms. The van der Waals surface area contributed by atoms with Gasteiger partial charge in [-0.1, -0.05) is 42.5 Å². The van der Waals surface area contributed by atoms with Gasteiger partial charge in [0.2, 0.25) is 0 Å². The van der Waals surface area contributed by atoms with Crippen molar-refractivity contribution >= 4 is 17.8 Å². The van der Waals surface area contributed by atoms with E-state index in [9.17, 15) is 14.4 Å². The summed E-state index contributed by atoms with van der Waals surface area (Å²) in [5.74, 6) is -1.09. The topological polar surface area (TPSA) is 107 Å². The third-order valence-electron chi connectivity index (χ3n) is 5.38. The van der Waals surface area contributed by atoms with E-state index in [1.165, 1.54) is 12.0 Å². The van der Waals surface area contributed by atoms with Crippen molar-refractivity contribution in [1.29, 1.82) is 0 Å². The quantitative estimate of drug-likeness (QED) is 0.654. The van der Waals surface area contributed by atoms with Gasteiger partial charge in [0.15, 0.2) is 0 Å². The maximum atomic E-state index is 12.8. The average Bonchev–Trinajstić information content (AvgIpc) is 2.78. The monoisotopic (exact) mass is 422 g/mol. The highest BCUT2D eigenvalue weighted by Crippen LogP contribution is 2.26. The van der Waals surface area contributed by atoms with E-state index in [1.54, 1.807) is 0 Å². The molecule has 0 radical (unpaired) electrons. The molecule has 2 saturated heterocycles. The Hall–Kier alpha value is -3.45. The van der Waals surface area contributed by atoms with Gasteiger partial charge in [-0.25, -0.2) is 9.59 Å². The summed E-state index contributed by atoms with van der Waals surface area (Å²) in [5, 5.41) is 19.1. The molecule has 2 aromatic carbocycles. The molecule has 2 heterocycles. The van der Waals surface area contributed by atoms with Gasteiger partial charge >= 0.3 is 11.9 Å². The zero-order valence-electron chi connectivity index (χ0n) is 17.1. The van der Waals surface area contributed by atoms with Crippen LogP contribution in [0.1, 0.15) is 16.8 Å². The lowest BCUT2D eigenvalue weighted by Gasteiger charge is -2.41. The number of nitrogens with zero attached hydrogens (tertiary/aromatic N) is 1. The van der Waals surface area contributed by atoms with Crippen molar-refractivity contribution in [2.75, 3.05) is 26.2 Å². The van der Waals surface area contributed by atoms with Crippen LogP contribution in [-0.2, 0) is 9.59 Å². The first kappa shape index (κ1) is 22.2. The van der Waals surface area contributed by atoms with E-state index in [1.807, 2.05) is 30.3 Å². The number of benzene rings is 2. The predicted molar refractivity (Wildman–Crippen MR) is 117 cm³/mol. The Bertz CT molecular complexity index is 912. The Labute approximate surface area is 181 Å². The lowest BCUT2D eigenvalue weighted by Crippen LogP contribution is -2.52. The first-order valence-corrected chi connectivity index (χ1v) is 10.2. The standard InChI is InChI=1S/C20H22N2O.C4H4O4/c23-20(22-13-15-10-16(14-22)12-21-11-15)19-8-6-18(7-9-19)17-4-2-1-3-5-17;5-3(6)1-2-4(7)8/h1-9,15-16,21H,10-14H2;1-2H,(H,5,6)(H,7,8)/b;2-1+/t15-,16+;. The molecule has 2 atom stereocenters. The molecule has 2 aromatic rings. The number of hydrogen-bond donors (Lipinski definition) is 3. The van der Waals surface area contributed by atoms with Crippen LogP contribution in [-0.4, -0.2) is 59.1 Å². The molecule has 0 unspecified atom stereocenters. The Balaban J connectivity index is 0.000000293. The highest BCUT2D eigenvalue weighted by molar-refractivity contribution is 5.94. The summed E-state index contributed by atoms with van der Waals surface area (Å²) in [6, 6.07) is 18.3. The molecule has 31 heavy (non-hydrogen) atoms. The molecule has 7 nitrogen and oxygen atoms in total. The van der Waals surface area contributed by atoms with E-state index in [2.05, 4.69) is 34.5 Å². The molecule has 162 valence electrons. The Morgan fingerprint density at radius 1 is 0.806 bits per heavy atom. The molecule has 0 saturated carbocycles. The van der Waals surface area contributed by atoms with Crippen LogP contribution >= 0.6 is 0 Å². The van der Waals surface area contributed by atoms with Gasteiger partial charge in [0.05, 0.1) is 0 Å². The molecule has 4 rings (SSSR count). The molecule has 2 fully saturated rings. The molecule has 0 aliphatic carbocycles. The molecule has 0 spiro atoms. The van der Waals surface area contributed by atoms with E-state index in [-0.39, 0.29) is 5.91 Å². The van der Waals surface area contributed by atoms with E-state index in [4.69, 9.17) is 10.2 Å². The summed E-state index contributed by atoms with van der Waals surface area (Å²) in [5.41, 5.74) is 3.14. The highest BCUT2D eigenvalue weighted by Gasteiger charge is 2.32. The van der Waals surface area contributed by atoms with Crippen LogP contribution in [0.3, 0.4) is 0 Å². The van der Waals surface area contributed by atoms with Gasteiger partial charge < -0.3 is 20.4 Å². The van der Waals surface area contributed by atoms with Crippen LogP contribution in [0, 0.1) is 11.8 Å². The largest absolute Gasteiger partial charge is 0.478 e. The van der Waals surface area contributed by atoms with Crippen molar-refractivity contribution in [3.05, 3.63) is 72.3 Å². The smallest absolute Gasteiger partial charge is 0.328 e. The van der Waals surface area contributed by atoms with Crippen molar-refractivity contribution in [3.63, 3.8) is 0 Å². The van der Waals surface area contributed by atoms with E-state index in [0.29, 0.717) is 24.0 Å². The minimum absolute atomic E-state index is 0.182. The first-order chi connectivity index (χ1) is 14.9. The van der Waals surface area contributed by atoms with Gasteiger partial charge in [0.1, 0.15) is 0 Å². The summed E-state index contributed by atoms with van der Waals surface area (Å²) in [6.07, 6.45) is 2.38. The van der Waals surface area contributed by atoms with Crippen LogP contribution < -0.4 is 5.32 Å². The minimum atomic E-state index is -1.26. The van der Waals surface area contributed by atoms with Crippen molar-refractivity contribution in [1.82, 2.24) is 10.2 Å². The van der Waals surface area contributed by atoms with Crippen LogP contribution in [0.25, 0.3) is 11.1 Å². The summed E-state index contributed by atoms with van der Waals surface area (Å²) in [7, 11) is 0. The summed E-state index contributed by atoms with van der Waals surface area (Å²) in [4.78, 5) is 33.9. The van der Waals surface area contributed by atoms with E-state index < -0.39 is 11.9 Å². The van der Waals surface area contributed by atoms with Crippen LogP contribution in [0.15, 0.2) is 66.7 Å². The number of carbonyl (C=O) groups is 3. The number of nitrogens with one attached hydrogen (secondary N) is 1. The van der Waals surface area contributed by atoms with Crippen molar-refractivity contribution in [2.45, 2.75) is 6.42 Å². The number of aliphatic carboxylic acids is 2. The molecular formula is C24H26N2O5. The maximum Gasteiger partial charge on any atom is 0.328 e. The van der Waals surface area contributed by atoms with E-state index >= 15 is 0 Å². The lowest BCUT2D eigenvalue weighted by atomic mass is 9.85. The number of carbonyl (C=O) groups excluding carboxylic acids is 1. The van der Waals surface area contributed by atoms with Gasteiger partial charge in [-0.2, -0.15) is 0 Å². The number of likely N-dealkylation sites (tertiary alicyclic amines) is 1. The summed E-state index contributed by atoms with van der Waals surface area (Å²) >= 11 is 0. The van der Waals surface area contributed by atoms with Crippen LogP contribution in [0.4, 0.5) is 0 Å². The SMILES string of the molecule is O=C(O)/C=C/C(=O)O.O=C(c1ccc(-c2ccccc2)cc1)N1C[C@@H]2CNC[C@@H](C2)C1. The lowest BCUT2D eigenvalue weighted by molar-refractivity contribution is -0.134. The third-order valence-corrected chi connectivity index (χ3v) is 5.38. The second-order valence-electron chi connectivity index (χ2n) is 7.79. The average molecular weight is 422 g/mol. The number of carboxylic acids is 2. The molecular weight excluding hydrogens is 396 g/mol. The molecule has 0 aromatic heterocycles. The zero-order valence-corrected chi connectivity index (χ0v) is 17.1. The number of carboxylic acid groups (broad SMARTS) is 2. The minimum Gasteiger partial charge on any atom is -0.478 e. The summed E-state index contributed by atoms with van der Waals surface area (Å²) in [6.45, 7) is 3.88. The van der Waals surface area contributed by atoms with Gasteiger partial charge in [-0.3, -0.25) is 4.79 Å². The Morgan fingerprint density at radius 3 is 1.84 bits per heavy atom. The molecule has 2 aliphatic heterocycles. The van der Waals surface area contributed by atoms with Gasteiger partial charge in [-0.05, 0) is 54.6 Å². The second-order valence-corrected chi connectivity index (χ2v) is 7.79. The molecule has 2 aliphatic rings. The van der Waals surface area contributed by atoms with Gasteiger partial charge in [0, 0.05) is 30.8 Å². The fraction of sp³-hybridized carbons (Fsp3) is 0.292. The van der Waals surface area contributed by atoms with Crippen molar-refractivity contribution < 1.29 is 24.6 Å². The van der Waals surface area contributed by atoms with Gasteiger partial charge in [-0.15, -0.1) is 0 Å². The number of fused-ring (bicyclic) bond motifs is 2. The number of piperidine rings is 2. The number of amides is 1. The molecule has 1 amide bonds. The fourth-order valence-electron chi connectivity index (χ4n) is 4.03. The normalized spacial score (nSPS) is 19.9. The third kappa shape index (κ3) is 6.52. The van der Waals surface area contributed by atoms with E-state index in [0.717, 1.165) is 37.3 Å². The number of rotatable bonds is 4. The van der Waals surface area contributed by atoms with Crippen LogP contribution in [0.5, 0.6) is 0 Å². The van der Waals surface area contributed by atoms with Gasteiger partial charge in [0.25, 0.3) is 5.91 Å². The summed E-state index contributed by atoms with van der Waals surface area (Å²) < 4.78 is 0.